The lowest BCUT2D eigenvalue weighted by Gasteiger charge is -2.27. The summed E-state index contributed by atoms with van der Waals surface area (Å²) in [6.07, 6.45) is 7.20. The monoisotopic (exact) mass is 707 g/mol. The quantitative estimate of drug-likeness (QED) is 0.114. The van der Waals surface area contributed by atoms with Gasteiger partial charge in [0.15, 0.2) is 12.1 Å². The standard InChI is InChI=1S/C40H49N7O5/c1-6-46(39(50)52-40(3,4)5)25-29-23-41-24-31(26(29)2)28-17-18-32-30(22-28)35(45-47(32)33-16-10-13-21-51-33)37-43-34(27-14-8-7-9-15-27)36(44-37)38(49)42-19-11-12-20-48/h7-9,14-15,17-18,22-24,33,48H,6,10-13,16,19-21,25H2,1-5H3,(H,42,49)(H,43,44). The number of nitrogens with one attached hydrogen (secondary N) is 2. The van der Waals surface area contributed by atoms with E-state index in [-0.39, 0.29) is 24.8 Å². The summed E-state index contributed by atoms with van der Waals surface area (Å²) in [6, 6.07) is 15.8. The lowest BCUT2D eigenvalue weighted by Crippen LogP contribution is -2.36. The molecule has 3 aromatic heterocycles. The van der Waals surface area contributed by atoms with Crippen LogP contribution < -0.4 is 5.32 Å². The summed E-state index contributed by atoms with van der Waals surface area (Å²) in [6.45, 7) is 11.6. The zero-order valence-corrected chi connectivity index (χ0v) is 30.7. The van der Waals surface area contributed by atoms with Crippen molar-refractivity contribution in [2.45, 2.75) is 85.1 Å². The van der Waals surface area contributed by atoms with Crippen LogP contribution in [0, 0.1) is 6.92 Å². The predicted molar refractivity (Wildman–Crippen MR) is 201 cm³/mol. The number of hydrogen-bond acceptors (Lipinski definition) is 8. The number of unbranched alkanes of at least 4 members (excludes halogenated alkanes) is 1. The van der Waals surface area contributed by atoms with Crippen LogP contribution in [-0.4, -0.2) is 78.6 Å². The first-order chi connectivity index (χ1) is 25.1. The smallest absolute Gasteiger partial charge is 0.410 e. The number of amides is 2. The van der Waals surface area contributed by atoms with Crippen molar-refractivity contribution < 1.29 is 24.2 Å². The minimum atomic E-state index is -0.597. The van der Waals surface area contributed by atoms with E-state index in [1.54, 1.807) is 11.1 Å². The summed E-state index contributed by atoms with van der Waals surface area (Å²) in [5.74, 6) is 0.192. The van der Waals surface area contributed by atoms with Crippen LogP contribution in [0.1, 0.15) is 87.6 Å². The molecule has 1 aliphatic heterocycles. The van der Waals surface area contributed by atoms with E-state index in [0.29, 0.717) is 62.0 Å². The maximum absolute atomic E-state index is 13.5. The first-order valence-electron chi connectivity index (χ1n) is 18.2. The molecule has 3 N–H and O–H groups in total. The zero-order chi connectivity index (χ0) is 36.8. The molecule has 6 rings (SSSR count). The third kappa shape index (κ3) is 8.18. The molecular weight excluding hydrogens is 658 g/mol. The first kappa shape index (κ1) is 36.7. The molecule has 0 bridgehead atoms. The molecule has 1 saturated heterocycles. The molecule has 4 heterocycles. The Morgan fingerprint density at radius 3 is 2.60 bits per heavy atom. The molecule has 0 saturated carbocycles. The number of carbonyl (C=O) groups excluding carboxylic acids is 2. The number of H-pyrrole nitrogens is 1. The molecule has 5 aromatic rings. The van der Waals surface area contributed by atoms with Crippen molar-refractivity contribution in [2.24, 2.45) is 0 Å². The second kappa shape index (κ2) is 16.1. The molecule has 0 radical (unpaired) electrons. The van der Waals surface area contributed by atoms with Crippen LogP contribution in [-0.2, 0) is 16.0 Å². The van der Waals surface area contributed by atoms with Crippen molar-refractivity contribution in [2.75, 3.05) is 26.3 Å². The molecule has 2 aromatic carbocycles. The van der Waals surface area contributed by atoms with Crippen LogP contribution in [0.3, 0.4) is 0 Å². The predicted octanol–water partition coefficient (Wildman–Crippen LogP) is 7.42. The molecule has 0 aliphatic carbocycles. The number of hydrogen-bond donors (Lipinski definition) is 3. The van der Waals surface area contributed by atoms with Gasteiger partial charge in [-0.2, -0.15) is 5.10 Å². The van der Waals surface area contributed by atoms with Gasteiger partial charge in [-0.05, 0) is 95.5 Å². The number of nitrogens with zero attached hydrogens (tertiary/aromatic N) is 5. The highest BCUT2D eigenvalue weighted by Crippen LogP contribution is 2.37. The number of aromatic nitrogens is 5. The van der Waals surface area contributed by atoms with Gasteiger partial charge in [0.1, 0.15) is 22.7 Å². The molecule has 1 unspecified atom stereocenters. The number of benzene rings is 2. The summed E-state index contributed by atoms with van der Waals surface area (Å²) in [7, 11) is 0. The number of carbonyl (C=O) groups is 2. The Hall–Kier alpha value is -5.07. The number of ether oxygens (including phenoxy) is 2. The van der Waals surface area contributed by atoms with Gasteiger partial charge in [-0.25, -0.2) is 14.5 Å². The minimum Gasteiger partial charge on any atom is -0.444 e. The van der Waals surface area contributed by atoms with Gasteiger partial charge in [0.25, 0.3) is 5.91 Å². The van der Waals surface area contributed by atoms with E-state index in [1.807, 2.05) is 75.8 Å². The second-order valence-electron chi connectivity index (χ2n) is 14.2. The topological polar surface area (TPSA) is 147 Å². The Morgan fingerprint density at radius 1 is 1.08 bits per heavy atom. The van der Waals surface area contributed by atoms with Crippen LogP contribution in [0.2, 0.25) is 0 Å². The first-order valence-corrected chi connectivity index (χ1v) is 18.2. The zero-order valence-electron chi connectivity index (χ0n) is 30.7. The molecule has 1 atom stereocenters. The number of aliphatic hydroxyl groups excluding tert-OH is 1. The van der Waals surface area contributed by atoms with Gasteiger partial charge in [-0.1, -0.05) is 36.4 Å². The average Bonchev–Trinajstić information content (AvgIpc) is 3.75. The van der Waals surface area contributed by atoms with Crippen LogP contribution in [0.25, 0.3) is 44.8 Å². The van der Waals surface area contributed by atoms with Crippen molar-refractivity contribution >= 4 is 22.9 Å². The van der Waals surface area contributed by atoms with Crippen molar-refractivity contribution in [3.63, 3.8) is 0 Å². The second-order valence-corrected chi connectivity index (χ2v) is 14.2. The maximum atomic E-state index is 13.5. The molecule has 1 aliphatic rings. The van der Waals surface area contributed by atoms with Crippen molar-refractivity contribution in [3.05, 3.63) is 77.7 Å². The van der Waals surface area contributed by atoms with E-state index in [4.69, 9.17) is 19.6 Å². The number of aliphatic hydroxyl groups is 1. The van der Waals surface area contributed by atoms with E-state index in [9.17, 15) is 14.7 Å². The number of imidazole rings is 1. The highest BCUT2D eigenvalue weighted by molar-refractivity contribution is 6.01. The Balaban J connectivity index is 1.43. The van der Waals surface area contributed by atoms with Crippen LogP contribution in [0.5, 0.6) is 0 Å². The molecule has 0 spiro atoms. The molecule has 274 valence electrons. The summed E-state index contributed by atoms with van der Waals surface area (Å²) in [5.41, 5.74) is 6.36. The number of aromatic amines is 1. The SMILES string of the molecule is CCN(Cc1cncc(-c2ccc3c(c2)c(-c2nc(-c4ccccc4)c(C(=O)NCCCCO)[nH]2)nn3C2CCCCO2)c1C)C(=O)OC(C)(C)C. The summed E-state index contributed by atoms with van der Waals surface area (Å²) in [5, 5.41) is 18.1. The summed E-state index contributed by atoms with van der Waals surface area (Å²) >= 11 is 0. The van der Waals surface area contributed by atoms with Gasteiger partial charge in [0, 0.05) is 55.2 Å². The van der Waals surface area contributed by atoms with Crippen LogP contribution in [0.4, 0.5) is 4.79 Å². The van der Waals surface area contributed by atoms with Gasteiger partial charge in [-0.15, -0.1) is 0 Å². The van der Waals surface area contributed by atoms with Crippen molar-refractivity contribution in [1.29, 1.82) is 0 Å². The van der Waals surface area contributed by atoms with Gasteiger partial charge < -0.3 is 29.8 Å². The Morgan fingerprint density at radius 2 is 1.88 bits per heavy atom. The van der Waals surface area contributed by atoms with E-state index < -0.39 is 5.60 Å². The number of fused-ring (bicyclic) bond motifs is 1. The molecule has 52 heavy (non-hydrogen) atoms. The highest BCUT2D eigenvalue weighted by Gasteiger charge is 2.27. The fourth-order valence-electron chi connectivity index (χ4n) is 6.46. The number of pyridine rings is 1. The van der Waals surface area contributed by atoms with Gasteiger partial charge in [0.2, 0.25) is 0 Å². The summed E-state index contributed by atoms with van der Waals surface area (Å²) < 4.78 is 13.8. The fraction of sp³-hybridized carbons (Fsp3) is 0.425. The highest BCUT2D eigenvalue weighted by atomic mass is 16.6. The van der Waals surface area contributed by atoms with Crippen molar-refractivity contribution in [3.8, 4) is 33.9 Å². The third-order valence-electron chi connectivity index (χ3n) is 9.23. The minimum absolute atomic E-state index is 0.0743. The van der Waals surface area contributed by atoms with E-state index >= 15 is 0 Å². The Bertz CT molecular complexity index is 2010. The molecule has 12 nitrogen and oxygen atoms in total. The molecule has 2 amide bonds. The van der Waals surface area contributed by atoms with E-state index in [2.05, 4.69) is 33.5 Å². The molecule has 1 fully saturated rings. The lowest BCUT2D eigenvalue weighted by molar-refractivity contribution is -0.0365. The van der Waals surface area contributed by atoms with E-state index in [0.717, 1.165) is 58.0 Å². The largest absolute Gasteiger partial charge is 0.444 e. The summed E-state index contributed by atoms with van der Waals surface area (Å²) in [4.78, 5) is 41.1. The fourth-order valence-corrected chi connectivity index (χ4v) is 6.46. The number of rotatable bonds is 12. The van der Waals surface area contributed by atoms with E-state index in [1.165, 1.54) is 0 Å². The lowest BCUT2D eigenvalue weighted by atomic mass is 9.97. The van der Waals surface area contributed by atoms with Gasteiger partial charge in [-0.3, -0.25) is 9.78 Å². The normalized spacial score (nSPS) is 14.8. The van der Waals surface area contributed by atoms with Gasteiger partial charge >= 0.3 is 6.09 Å². The third-order valence-corrected chi connectivity index (χ3v) is 9.23. The molecular formula is C40H49N7O5. The van der Waals surface area contributed by atoms with Crippen LogP contribution >= 0.6 is 0 Å². The van der Waals surface area contributed by atoms with Gasteiger partial charge in [0.05, 0.1) is 12.1 Å². The average molecular weight is 708 g/mol. The van der Waals surface area contributed by atoms with Crippen LogP contribution in [0.15, 0.2) is 60.9 Å². The molecule has 12 heteroatoms. The maximum Gasteiger partial charge on any atom is 0.410 e. The Kier molecular flexibility index (Phi) is 11.4. The van der Waals surface area contributed by atoms with Crippen molar-refractivity contribution in [1.82, 2.24) is 34.9 Å². The Labute approximate surface area is 304 Å².